The average molecular weight is 315 g/mol. The molecule has 0 bridgehead atoms. The zero-order valence-corrected chi connectivity index (χ0v) is 13.1. The molecule has 5 nitrogen and oxygen atoms in total. The van der Waals surface area contributed by atoms with Crippen molar-refractivity contribution >= 4 is 34.2 Å². The zero-order chi connectivity index (χ0) is 16.4. The first-order valence-electron chi connectivity index (χ1n) is 7.82. The molecule has 24 heavy (non-hydrogen) atoms. The predicted molar refractivity (Wildman–Crippen MR) is 99.1 cm³/mol. The summed E-state index contributed by atoms with van der Waals surface area (Å²) in [6, 6.07) is 12.1. The van der Waals surface area contributed by atoms with Gasteiger partial charge in [0.15, 0.2) is 0 Å². The Labute approximate surface area is 140 Å². The van der Waals surface area contributed by atoms with Gasteiger partial charge in [-0.25, -0.2) is 4.98 Å². The first kappa shape index (κ1) is 14.4. The molecule has 0 aliphatic carbocycles. The Bertz CT molecular complexity index is 945. The van der Waals surface area contributed by atoms with E-state index < -0.39 is 0 Å². The molecule has 3 N–H and O–H groups in total. The fourth-order valence-corrected chi connectivity index (χ4v) is 2.83. The Hall–Kier alpha value is -3.21. The second kappa shape index (κ2) is 6.12. The highest BCUT2D eigenvalue weighted by atomic mass is 14.9. The van der Waals surface area contributed by atoms with Gasteiger partial charge < -0.3 is 11.1 Å². The number of nitrogens with two attached hydrogens (primary N) is 1. The topological polar surface area (TPSA) is 76.2 Å². The Morgan fingerprint density at radius 3 is 2.92 bits per heavy atom. The normalized spacial score (nSPS) is 13.2. The van der Waals surface area contributed by atoms with Crippen LogP contribution in [-0.4, -0.2) is 22.7 Å². The summed E-state index contributed by atoms with van der Waals surface area (Å²) >= 11 is 0. The molecule has 1 aliphatic heterocycles. The number of fused-ring (bicyclic) bond motifs is 1. The lowest BCUT2D eigenvalue weighted by atomic mass is 10.0. The van der Waals surface area contributed by atoms with E-state index in [1.165, 1.54) is 5.57 Å². The summed E-state index contributed by atoms with van der Waals surface area (Å²) in [6.07, 6.45) is 7.50. The number of aliphatic imine (C=N–C) groups is 1. The van der Waals surface area contributed by atoms with Crippen molar-refractivity contribution < 1.29 is 0 Å². The predicted octanol–water partition coefficient (Wildman–Crippen LogP) is 3.29. The van der Waals surface area contributed by atoms with Crippen LogP contribution in [0.2, 0.25) is 0 Å². The van der Waals surface area contributed by atoms with Crippen LogP contribution in [0.25, 0.3) is 16.5 Å². The van der Waals surface area contributed by atoms with Crippen LogP contribution in [0.5, 0.6) is 0 Å². The second-order valence-electron chi connectivity index (χ2n) is 5.72. The molecule has 2 aromatic heterocycles. The van der Waals surface area contributed by atoms with Crippen molar-refractivity contribution in [1.29, 1.82) is 0 Å². The minimum absolute atomic E-state index is 0.505. The number of rotatable bonds is 4. The summed E-state index contributed by atoms with van der Waals surface area (Å²) in [7, 11) is 0. The van der Waals surface area contributed by atoms with Crippen molar-refractivity contribution in [3.8, 4) is 0 Å². The van der Waals surface area contributed by atoms with Crippen LogP contribution in [0.3, 0.4) is 0 Å². The lowest BCUT2D eigenvalue weighted by Crippen LogP contribution is -2.02. The van der Waals surface area contributed by atoms with Crippen molar-refractivity contribution in [2.24, 2.45) is 4.99 Å². The Morgan fingerprint density at radius 2 is 2.12 bits per heavy atom. The molecule has 5 heteroatoms. The van der Waals surface area contributed by atoms with Crippen LogP contribution in [0, 0.1) is 0 Å². The molecule has 3 heterocycles. The van der Waals surface area contributed by atoms with Gasteiger partial charge in [0, 0.05) is 42.3 Å². The largest absolute Gasteiger partial charge is 0.384 e. The number of allylic oxidation sites excluding steroid dienone is 1. The van der Waals surface area contributed by atoms with Crippen molar-refractivity contribution in [2.75, 3.05) is 17.6 Å². The van der Waals surface area contributed by atoms with Gasteiger partial charge in [0.2, 0.25) is 0 Å². The Balaban J connectivity index is 1.67. The minimum Gasteiger partial charge on any atom is -0.384 e. The van der Waals surface area contributed by atoms with Crippen LogP contribution in [0.4, 0.5) is 11.5 Å². The number of anilines is 2. The van der Waals surface area contributed by atoms with Crippen LogP contribution in [-0.2, 0) is 6.54 Å². The number of nitrogens with one attached hydrogen (secondary N) is 1. The van der Waals surface area contributed by atoms with Gasteiger partial charge in [-0.2, -0.15) is 0 Å². The number of hydrogen-bond donors (Lipinski definition) is 2. The van der Waals surface area contributed by atoms with E-state index in [1.54, 1.807) is 6.20 Å². The standard InChI is InChI=1S/C19H17N5/c20-19-9-17(23-11-13-2-1-6-21-10-13)16-4-3-14(8-18(16)24-19)15-5-7-22-12-15/h1-10H,11-12H2,(H3,20,23,24). The summed E-state index contributed by atoms with van der Waals surface area (Å²) in [5.74, 6) is 0.505. The van der Waals surface area contributed by atoms with E-state index in [0.29, 0.717) is 12.4 Å². The van der Waals surface area contributed by atoms with Crippen LogP contribution in [0.15, 0.2) is 59.9 Å². The van der Waals surface area contributed by atoms with Gasteiger partial charge >= 0.3 is 0 Å². The van der Waals surface area contributed by atoms with Crippen molar-refractivity contribution in [3.63, 3.8) is 0 Å². The first-order valence-corrected chi connectivity index (χ1v) is 7.82. The number of pyridine rings is 2. The highest BCUT2D eigenvalue weighted by Gasteiger charge is 2.09. The Kier molecular flexibility index (Phi) is 3.67. The SMILES string of the molecule is Nc1cc(NCc2cccnc2)c2ccc(C3=CC=NC3)cc2n1. The number of benzene rings is 1. The maximum absolute atomic E-state index is 5.99. The third kappa shape index (κ3) is 2.84. The van der Waals surface area contributed by atoms with Gasteiger partial charge in [-0.05, 0) is 34.9 Å². The average Bonchev–Trinajstić information content (AvgIpc) is 3.14. The van der Waals surface area contributed by atoms with Gasteiger partial charge in [0.05, 0.1) is 12.1 Å². The molecule has 4 rings (SSSR count). The first-order chi connectivity index (χ1) is 11.8. The summed E-state index contributed by atoms with van der Waals surface area (Å²) in [4.78, 5) is 12.9. The summed E-state index contributed by atoms with van der Waals surface area (Å²) in [5, 5.41) is 4.49. The van der Waals surface area contributed by atoms with E-state index in [4.69, 9.17) is 5.73 Å². The molecular formula is C19H17N5. The smallest absolute Gasteiger partial charge is 0.126 e. The monoisotopic (exact) mass is 315 g/mol. The molecule has 118 valence electrons. The van der Waals surface area contributed by atoms with Gasteiger partial charge in [0.25, 0.3) is 0 Å². The van der Waals surface area contributed by atoms with Crippen molar-refractivity contribution in [3.05, 3.63) is 66.0 Å². The Morgan fingerprint density at radius 1 is 1.17 bits per heavy atom. The number of hydrogen-bond acceptors (Lipinski definition) is 5. The highest BCUT2D eigenvalue weighted by molar-refractivity contribution is 5.96. The van der Waals surface area contributed by atoms with E-state index in [1.807, 2.05) is 36.7 Å². The number of nitrogen functional groups attached to an aromatic ring is 1. The third-order valence-corrected chi connectivity index (χ3v) is 4.05. The van der Waals surface area contributed by atoms with Gasteiger partial charge in [-0.3, -0.25) is 9.98 Å². The molecule has 0 radical (unpaired) electrons. The molecule has 0 saturated heterocycles. The van der Waals surface area contributed by atoms with Crippen molar-refractivity contribution in [2.45, 2.75) is 6.54 Å². The molecular weight excluding hydrogens is 298 g/mol. The van der Waals surface area contributed by atoms with Crippen molar-refractivity contribution in [1.82, 2.24) is 9.97 Å². The number of nitrogens with zero attached hydrogens (tertiary/aromatic N) is 3. The highest BCUT2D eigenvalue weighted by Crippen LogP contribution is 2.28. The van der Waals surface area contributed by atoms with Gasteiger partial charge in [-0.1, -0.05) is 18.2 Å². The second-order valence-corrected chi connectivity index (χ2v) is 5.72. The minimum atomic E-state index is 0.505. The maximum Gasteiger partial charge on any atom is 0.126 e. The molecule has 1 aliphatic rings. The van der Waals surface area contributed by atoms with E-state index in [2.05, 4.69) is 38.5 Å². The molecule has 0 saturated carbocycles. The molecule has 3 aromatic rings. The van der Waals surface area contributed by atoms with E-state index in [-0.39, 0.29) is 0 Å². The van der Waals surface area contributed by atoms with Crippen LogP contribution < -0.4 is 11.1 Å². The molecule has 0 spiro atoms. The van der Waals surface area contributed by atoms with Crippen LogP contribution >= 0.6 is 0 Å². The van der Waals surface area contributed by atoms with E-state index in [9.17, 15) is 0 Å². The lowest BCUT2D eigenvalue weighted by molar-refractivity contribution is 1.11. The summed E-state index contributed by atoms with van der Waals surface area (Å²) in [5.41, 5.74) is 11.3. The fourth-order valence-electron chi connectivity index (χ4n) is 2.83. The fraction of sp³-hybridized carbons (Fsp3) is 0.105. The quantitative estimate of drug-likeness (QED) is 0.774. The number of aromatic nitrogens is 2. The molecule has 0 unspecified atom stereocenters. The van der Waals surface area contributed by atoms with Gasteiger partial charge in [-0.15, -0.1) is 0 Å². The molecule has 0 atom stereocenters. The molecule has 1 aromatic carbocycles. The summed E-state index contributed by atoms with van der Waals surface area (Å²) in [6.45, 7) is 1.41. The third-order valence-electron chi connectivity index (χ3n) is 4.05. The van der Waals surface area contributed by atoms with Crippen LogP contribution in [0.1, 0.15) is 11.1 Å². The molecule has 0 amide bonds. The van der Waals surface area contributed by atoms with E-state index in [0.717, 1.165) is 34.3 Å². The van der Waals surface area contributed by atoms with E-state index >= 15 is 0 Å². The summed E-state index contributed by atoms with van der Waals surface area (Å²) < 4.78 is 0. The molecule has 0 fully saturated rings. The zero-order valence-electron chi connectivity index (χ0n) is 13.1. The maximum atomic E-state index is 5.99. The lowest BCUT2D eigenvalue weighted by Gasteiger charge is -2.12. The van der Waals surface area contributed by atoms with Gasteiger partial charge in [0.1, 0.15) is 5.82 Å².